The number of nitro groups is 1. The van der Waals surface area contributed by atoms with Gasteiger partial charge in [-0.05, 0) is 12.5 Å². The van der Waals surface area contributed by atoms with Crippen molar-refractivity contribution in [2.24, 2.45) is 7.05 Å². The molecule has 0 spiro atoms. The number of hydrogen-bond donors (Lipinski definition) is 2. The first-order valence-electron chi connectivity index (χ1n) is 5.84. The Labute approximate surface area is 110 Å². The first kappa shape index (κ1) is 12.9. The third-order valence-corrected chi connectivity index (χ3v) is 2.76. The fourth-order valence-electron chi connectivity index (χ4n) is 1.82. The standard InChI is InChI=1S/C12H15N5O2/c1-3-10-12(7-16(2)15-10)14-11-5-4-8(17(18)19)6-9(11)13/h4-7,14H,3,13H2,1-2H3. The van der Waals surface area contributed by atoms with Crippen LogP contribution in [0.3, 0.4) is 0 Å². The van der Waals surface area contributed by atoms with Crippen LogP contribution in [0, 0.1) is 10.1 Å². The van der Waals surface area contributed by atoms with E-state index < -0.39 is 4.92 Å². The molecule has 0 aliphatic carbocycles. The molecule has 0 aliphatic heterocycles. The Morgan fingerprint density at radius 2 is 2.21 bits per heavy atom. The molecule has 0 amide bonds. The van der Waals surface area contributed by atoms with E-state index in [0.717, 1.165) is 17.8 Å². The number of hydrogen-bond acceptors (Lipinski definition) is 5. The van der Waals surface area contributed by atoms with E-state index >= 15 is 0 Å². The van der Waals surface area contributed by atoms with E-state index in [4.69, 9.17) is 5.73 Å². The highest BCUT2D eigenvalue weighted by molar-refractivity contribution is 5.75. The zero-order valence-electron chi connectivity index (χ0n) is 10.8. The Kier molecular flexibility index (Phi) is 3.37. The molecule has 100 valence electrons. The summed E-state index contributed by atoms with van der Waals surface area (Å²) in [5, 5.41) is 18.1. The van der Waals surface area contributed by atoms with Crippen LogP contribution >= 0.6 is 0 Å². The average molecular weight is 261 g/mol. The number of nitrogen functional groups attached to an aromatic ring is 1. The molecule has 0 radical (unpaired) electrons. The minimum Gasteiger partial charge on any atom is -0.397 e. The summed E-state index contributed by atoms with van der Waals surface area (Å²) in [5.74, 6) is 0. The Balaban J connectivity index is 2.30. The monoisotopic (exact) mass is 261 g/mol. The van der Waals surface area contributed by atoms with E-state index in [1.165, 1.54) is 12.1 Å². The first-order chi connectivity index (χ1) is 9.01. The maximum atomic E-state index is 10.6. The second kappa shape index (κ2) is 4.97. The number of benzene rings is 1. The zero-order valence-corrected chi connectivity index (χ0v) is 10.8. The van der Waals surface area contributed by atoms with Crippen LogP contribution in [0.25, 0.3) is 0 Å². The lowest BCUT2D eigenvalue weighted by atomic mass is 10.2. The van der Waals surface area contributed by atoms with E-state index in [0.29, 0.717) is 11.4 Å². The molecule has 0 fully saturated rings. The summed E-state index contributed by atoms with van der Waals surface area (Å²) in [7, 11) is 1.84. The van der Waals surface area contributed by atoms with Crippen molar-refractivity contribution in [3.63, 3.8) is 0 Å². The molecule has 1 aromatic heterocycles. The number of anilines is 3. The maximum Gasteiger partial charge on any atom is 0.271 e. The SMILES string of the molecule is CCc1nn(C)cc1Nc1ccc([N+](=O)[O-])cc1N. The van der Waals surface area contributed by atoms with Crippen LogP contribution < -0.4 is 11.1 Å². The van der Waals surface area contributed by atoms with Gasteiger partial charge in [0.05, 0.1) is 27.7 Å². The smallest absolute Gasteiger partial charge is 0.271 e. The summed E-state index contributed by atoms with van der Waals surface area (Å²) in [5.41, 5.74) is 8.52. The van der Waals surface area contributed by atoms with Crippen LogP contribution in [-0.2, 0) is 13.5 Å². The highest BCUT2D eigenvalue weighted by atomic mass is 16.6. The van der Waals surface area contributed by atoms with E-state index in [9.17, 15) is 10.1 Å². The van der Waals surface area contributed by atoms with Gasteiger partial charge in [-0.1, -0.05) is 6.92 Å². The van der Waals surface area contributed by atoms with Gasteiger partial charge in [0.2, 0.25) is 0 Å². The van der Waals surface area contributed by atoms with E-state index in [1.54, 1.807) is 10.7 Å². The van der Waals surface area contributed by atoms with Gasteiger partial charge < -0.3 is 11.1 Å². The fraction of sp³-hybridized carbons (Fsp3) is 0.250. The highest BCUT2D eigenvalue weighted by Crippen LogP contribution is 2.28. The molecule has 1 heterocycles. The molecule has 7 nitrogen and oxygen atoms in total. The number of rotatable bonds is 4. The van der Waals surface area contributed by atoms with Crippen molar-refractivity contribution in [3.05, 3.63) is 40.2 Å². The number of aromatic nitrogens is 2. The van der Waals surface area contributed by atoms with Crippen molar-refractivity contribution in [1.29, 1.82) is 0 Å². The van der Waals surface area contributed by atoms with E-state index in [1.807, 2.05) is 20.2 Å². The number of nitrogens with two attached hydrogens (primary N) is 1. The third kappa shape index (κ3) is 2.65. The van der Waals surface area contributed by atoms with Gasteiger partial charge in [-0.3, -0.25) is 14.8 Å². The summed E-state index contributed by atoms with van der Waals surface area (Å²) in [6, 6.07) is 4.35. The highest BCUT2D eigenvalue weighted by Gasteiger charge is 2.11. The molecule has 1 aromatic carbocycles. The van der Waals surface area contributed by atoms with E-state index in [-0.39, 0.29) is 5.69 Å². The predicted molar refractivity (Wildman–Crippen MR) is 73.4 cm³/mol. The van der Waals surface area contributed by atoms with Crippen LogP contribution in [0.4, 0.5) is 22.7 Å². The molecule has 0 atom stereocenters. The Hall–Kier alpha value is -2.57. The lowest BCUT2D eigenvalue weighted by molar-refractivity contribution is -0.384. The van der Waals surface area contributed by atoms with Crippen molar-refractivity contribution in [2.75, 3.05) is 11.1 Å². The quantitative estimate of drug-likeness (QED) is 0.499. The lowest BCUT2D eigenvalue weighted by Gasteiger charge is -2.08. The van der Waals surface area contributed by atoms with Gasteiger partial charge in [0.25, 0.3) is 5.69 Å². The lowest BCUT2D eigenvalue weighted by Crippen LogP contribution is -1.99. The number of nitrogens with zero attached hydrogens (tertiary/aromatic N) is 3. The van der Waals surface area contributed by atoms with Crippen LogP contribution in [-0.4, -0.2) is 14.7 Å². The maximum absolute atomic E-state index is 10.6. The first-order valence-corrected chi connectivity index (χ1v) is 5.84. The second-order valence-electron chi connectivity index (χ2n) is 4.17. The van der Waals surface area contributed by atoms with Crippen LogP contribution in [0.15, 0.2) is 24.4 Å². The zero-order chi connectivity index (χ0) is 14.0. The molecule has 0 saturated heterocycles. The van der Waals surface area contributed by atoms with Gasteiger partial charge in [0.15, 0.2) is 0 Å². The molecule has 3 N–H and O–H groups in total. The summed E-state index contributed by atoms with van der Waals surface area (Å²) in [6.07, 6.45) is 2.63. The molecule has 0 saturated carbocycles. The number of non-ortho nitro benzene ring substituents is 1. The molecular formula is C12H15N5O2. The van der Waals surface area contributed by atoms with Crippen molar-refractivity contribution in [3.8, 4) is 0 Å². The van der Waals surface area contributed by atoms with Gasteiger partial charge in [0.1, 0.15) is 0 Å². The van der Waals surface area contributed by atoms with Crippen molar-refractivity contribution < 1.29 is 4.92 Å². The topological polar surface area (TPSA) is 99.0 Å². The minimum atomic E-state index is -0.471. The van der Waals surface area contributed by atoms with Crippen LogP contribution in [0.5, 0.6) is 0 Å². The normalized spacial score (nSPS) is 10.4. The molecule has 0 unspecified atom stereocenters. The minimum absolute atomic E-state index is 0.0232. The Bertz CT molecular complexity index is 621. The van der Waals surface area contributed by atoms with Gasteiger partial charge in [0, 0.05) is 25.4 Å². The van der Waals surface area contributed by atoms with Crippen LogP contribution in [0.1, 0.15) is 12.6 Å². The second-order valence-corrected chi connectivity index (χ2v) is 4.17. The van der Waals surface area contributed by atoms with Gasteiger partial charge in [-0.2, -0.15) is 5.10 Å². The predicted octanol–water partition coefficient (Wildman–Crippen LogP) is 2.22. The number of nitro benzene ring substituents is 1. The Morgan fingerprint density at radius 3 is 2.79 bits per heavy atom. The summed E-state index contributed by atoms with van der Waals surface area (Å²) >= 11 is 0. The summed E-state index contributed by atoms with van der Waals surface area (Å²) in [4.78, 5) is 10.2. The molecule has 7 heteroatoms. The largest absolute Gasteiger partial charge is 0.397 e. The fourth-order valence-corrected chi connectivity index (χ4v) is 1.82. The van der Waals surface area contributed by atoms with Gasteiger partial charge >= 0.3 is 0 Å². The van der Waals surface area contributed by atoms with Crippen molar-refractivity contribution in [2.45, 2.75) is 13.3 Å². The number of aryl methyl sites for hydroxylation is 2. The summed E-state index contributed by atoms with van der Waals surface area (Å²) in [6.45, 7) is 2.01. The summed E-state index contributed by atoms with van der Waals surface area (Å²) < 4.78 is 1.71. The average Bonchev–Trinajstić information content (AvgIpc) is 2.71. The molecule has 0 bridgehead atoms. The van der Waals surface area contributed by atoms with Gasteiger partial charge in [-0.15, -0.1) is 0 Å². The van der Waals surface area contributed by atoms with Crippen LogP contribution in [0.2, 0.25) is 0 Å². The van der Waals surface area contributed by atoms with Gasteiger partial charge in [-0.25, -0.2) is 0 Å². The van der Waals surface area contributed by atoms with Crippen molar-refractivity contribution >= 4 is 22.7 Å². The molecule has 2 rings (SSSR count). The van der Waals surface area contributed by atoms with E-state index in [2.05, 4.69) is 10.4 Å². The third-order valence-electron chi connectivity index (χ3n) is 2.76. The molecule has 19 heavy (non-hydrogen) atoms. The Morgan fingerprint density at radius 1 is 1.47 bits per heavy atom. The molecule has 0 aliphatic rings. The molecule has 2 aromatic rings. The van der Waals surface area contributed by atoms with Crippen molar-refractivity contribution in [1.82, 2.24) is 9.78 Å². The molecular weight excluding hydrogens is 246 g/mol. The number of nitrogens with one attached hydrogen (secondary N) is 1.